The summed E-state index contributed by atoms with van der Waals surface area (Å²) in [5.74, 6) is 0.177. The number of nitrogens with two attached hydrogens (primary N) is 1. The second-order valence-corrected chi connectivity index (χ2v) is 4.82. The molecule has 2 aromatic rings. The lowest BCUT2D eigenvalue weighted by molar-refractivity contribution is 0.196. The highest BCUT2D eigenvalue weighted by Crippen LogP contribution is 2.30. The normalized spacial score (nSPS) is 12.3. The second-order valence-electron chi connectivity index (χ2n) is 3.79. The smallest absolute Gasteiger partial charge is 0.253 e. The maximum Gasteiger partial charge on any atom is 0.253 e. The summed E-state index contributed by atoms with van der Waals surface area (Å²) < 4.78 is 0. The third kappa shape index (κ3) is 2.91. The van der Waals surface area contributed by atoms with Gasteiger partial charge in [0, 0.05) is 11.0 Å². The van der Waals surface area contributed by atoms with Crippen LogP contribution in [0.4, 0.5) is 5.82 Å². The topological polar surface area (TPSA) is 92.0 Å². The van der Waals surface area contributed by atoms with E-state index in [0.717, 1.165) is 10.5 Å². The molecule has 5 nitrogen and oxygen atoms in total. The van der Waals surface area contributed by atoms with Gasteiger partial charge in [0.05, 0.1) is 6.10 Å². The maximum atomic E-state index is 11.3. The maximum absolute atomic E-state index is 11.3. The molecule has 0 aliphatic rings. The van der Waals surface area contributed by atoms with Crippen LogP contribution in [0.25, 0.3) is 0 Å². The largest absolute Gasteiger partial charge is 0.389 e. The number of rotatable bonds is 3. The average molecular weight is 263 g/mol. The number of aliphatic hydroxyl groups is 1. The molecule has 2 rings (SSSR count). The van der Waals surface area contributed by atoms with E-state index in [0.29, 0.717) is 5.16 Å². The van der Waals surface area contributed by atoms with Crippen molar-refractivity contribution in [2.45, 2.75) is 23.1 Å². The predicted molar refractivity (Wildman–Crippen MR) is 70.5 cm³/mol. The lowest BCUT2D eigenvalue weighted by Gasteiger charge is -2.10. The van der Waals surface area contributed by atoms with Gasteiger partial charge in [-0.2, -0.15) is 0 Å². The molecule has 0 spiro atoms. The van der Waals surface area contributed by atoms with Crippen LogP contribution in [0.5, 0.6) is 0 Å². The highest BCUT2D eigenvalue weighted by atomic mass is 32.2. The van der Waals surface area contributed by atoms with Crippen molar-refractivity contribution in [1.29, 1.82) is 0 Å². The summed E-state index contributed by atoms with van der Waals surface area (Å²) in [6, 6.07) is 8.62. The first-order valence-electron chi connectivity index (χ1n) is 5.38. The minimum atomic E-state index is -0.582. The summed E-state index contributed by atoms with van der Waals surface area (Å²) in [6.07, 6.45) is -0.582. The van der Waals surface area contributed by atoms with E-state index < -0.39 is 6.10 Å². The number of hydrogen-bond donors (Lipinski definition) is 3. The summed E-state index contributed by atoms with van der Waals surface area (Å²) in [7, 11) is 0. The second kappa shape index (κ2) is 5.24. The summed E-state index contributed by atoms with van der Waals surface area (Å²) >= 11 is 1.26. The van der Waals surface area contributed by atoms with Crippen LogP contribution in [-0.4, -0.2) is 15.1 Å². The van der Waals surface area contributed by atoms with Gasteiger partial charge in [-0.15, -0.1) is 0 Å². The Bertz CT molecular complexity index is 610. The summed E-state index contributed by atoms with van der Waals surface area (Å²) in [4.78, 5) is 18.7. The van der Waals surface area contributed by atoms with Gasteiger partial charge in [0.1, 0.15) is 5.82 Å². The Kier molecular flexibility index (Phi) is 3.69. The van der Waals surface area contributed by atoms with E-state index in [1.807, 2.05) is 24.3 Å². The van der Waals surface area contributed by atoms with Crippen molar-refractivity contribution in [2.24, 2.45) is 0 Å². The van der Waals surface area contributed by atoms with E-state index in [1.54, 1.807) is 6.92 Å². The Morgan fingerprint density at radius 3 is 2.83 bits per heavy atom. The van der Waals surface area contributed by atoms with Crippen LogP contribution in [0.3, 0.4) is 0 Å². The van der Waals surface area contributed by atoms with Crippen molar-refractivity contribution in [1.82, 2.24) is 9.97 Å². The molecule has 0 bridgehead atoms. The number of nitrogen functional groups attached to an aromatic ring is 1. The number of aromatic amines is 1. The fourth-order valence-corrected chi connectivity index (χ4v) is 2.54. The number of anilines is 1. The predicted octanol–water partition coefficient (Wildman–Crippen LogP) is 1.56. The number of nitrogens with zero attached hydrogens (tertiary/aromatic N) is 1. The standard InChI is InChI=1S/C12H13N3O2S/c1-7(16)8-4-2-3-5-9(8)18-12-14-10(13)6-11(17)15-12/h2-7,16H,1H3,(H3,13,14,15,17)/t7-/m0/s1. The van der Waals surface area contributed by atoms with E-state index in [-0.39, 0.29) is 11.4 Å². The Balaban J connectivity index is 2.37. The lowest BCUT2D eigenvalue weighted by atomic mass is 10.1. The van der Waals surface area contributed by atoms with Crippen LogP contribution < -0.4 is 11.3 Å². The highest BCUT2D eigenvalue weighted by molar-refractivity contribution is 7.99. The van der Waals surface area contributed by atoms with Crippen LogP contribution in [0.15, 0.2) is 45.2 Å². The number of H-pyrrole nitrogens is 1. The van der Waals surface area contributed by atoms with Gasteiger partial charge in [0.15, 0.2) is 5.16 Å². The van der Waals surface area contributed by atoms with Crippen LogP contribution in [0.2, 0.25) is 0 Å². The molecular weight excluding hydrogens is 250 g/mol. The summed E-state index contributed by atoms with van der Waals surface area (Å²) in [6.45, 7) is 1.69. The van der Waals surface area contributed by atoms with Crippen LogP contribution >= 0.6 is 11.8 Å². The SMILES string of the molecule is C[C@H](O)c1ccccc1Sc1nc(N)cc(=O)[nH]1. The van der Waals surface area contributed by atoms with Crippen LogP contribution in [0, 0.1) is 0 Å². The van der Waals surface area contributed by atoms with E-state index in [4.69, 9.17) is 5.73 Å². The molecular formula is C12H13N3O2S. The monoisotopic (exact) mass is 263 g/mol. The molecule has 0 unspecified atom stereocenters. The van der Waals surface area contributed by atoms with Crippen molar-refractivity contribution in [2.75, 3.05) is 5.73 Å². The molecule has 18 heavy (non-hydrogen) atoms. The summed E-state index contributed by atoms with van der Waals surface area (Å²) in [5, 5.41) is 10.1. The van der Waals surface area contributed by atoms with Crippen molar-refractivity contribution in [3.05, 3.63) is 46.2 Å². The number of aliphatic hydroxyl groups excluding tert-OH is 1. The zero-order chi connectivity index (χ0) is 13.1. The van der Waals surface area contributed by atoms with Gasteiger partial charge in [-0.05, 0) is 18.6 Å². The number of hydrogen-bond acceptors (Lipinski definition) is 5. The van der Waals surface area contributed by atoms with Gasteiger partial charge >= 0.3 is 0 Å². The number of benzene rings is 1. The van der Waals surface area contributed by atoms with E-state index in [9.17, 15) is 9.90 Å². The van der Waals surface area contributed by atoms with E-state index in [2.05, 4.69) is 9.97 Å². The molecule has 6 heteroatoms. The fourth-order valence-electron chi connectivity index (χ4n) is 1.52. The van der Waals surface area contributed by atoms with Gasteiger partial charge in [-0.3, -0.25) is 4.79 Å². The average Bonchev–Trinajstić information content (AvgIpc) is 2.27. The van der Waals surface area contributed by atoms with E-state index in [1.165, 1.54) is 17.8 Å². The van der Waals surface area contributed by atoms with Crippen LogP contribution in [0.1, 0.15) is 18.6 Å². The minimum absolute atomic E-state index is 0.177. The molecule has 0 saturated carbocycles. The third-order valence-corrected chi connectivity index (χ3v) is 3.29. The zero-order valence-corrected chi connectivity index (χ0v) is 10.6. The molecule has 0 amide bonds. The first-order chi connectivity index (χ1) is 8.56. The van der Waals surface area contributed by atoms with Gasteiger partial charge in [0.2, 0.25) is 0 Å². The number of aromatic nitrogens is 2. The minimum Gasteiger partial charge on any atom is -0.389 e. The molecule has 0 saturated heterocycles. The van der Waals surface area contributed by atoms with Crippen molar-refractivity contribution < 1.29 is 5.11 Å². The molecule has 1 heterocycles. The zero-order valence-electron chi connectivity index (χ0n) is 9.75. The Morgan fingerprint density at radius 1 is 1.44 bits per heavy atom. The van der Waals surface area contributed by atoms with Crippen molar-refractivity contribution in [3.63, 3.8) is 0 Å². The molecule has 1 aromatic carbocycles. The molecule has 1 aromatic heterocycles. The fraction of sp³-hybridized carbons (Fsp3) is 0.167. The Hall–Kier alpha value is -1.79. The van der Waals surface area contributed by atoms with E-state index >= 15 is 0 Å². The molecule has 4 N–H and O–H groups in total. The highest BCUT2D eigenvalue weighted by Gasteiger charge is 2.10. The quantitative estimate of drug-likeness (QED) is 0.731. The van der Waals surface area contributed by atoms with Gasteiger partial charge in [-0.1, -0.05) is 30.0 Å². The first kappa shape index (κ1) is 12.7. The summed E-state index contributed by atoms with van der Waals surface area (Å²) in [5.41, 5.74) is 6.01. The number of nitrogens with one attached hydrogen (secondary N) is 1. The Labute approximate surface area is 108 Å². The third-order valence-electron chi connectivity index (χ3n) is 2.32. The first-order valence-corrected chi connectivity index (χ1v) is 6.19. The van der Waals surface area contributed by atoms with Crippen molar-refractivity contribution >= 4 is 17.6 Å². The molecule has 0 aliphatic carbocycles. The molecule has 1 atom stereocenters. The molecule has 0 radical (unpaired) electrons. The molecule has 0 aliphatic heterocycles. The lowest BCUT2D eigenvalue weighted by Crippen LogP contribution is -2.09. The Morgan fingerprint density at radius 2 is 2.17 bits per heavy atom. The van der Waals surface area contributed by atoms with Crippen LogP contribution in [-0.2, 0) is 0 Å². The van der Waals surface area contributed by atoms with Gasteiger partial charge < -0.3 is 15.8 Å². The van der Waals surface area contributed by atoms with Gasteiger partial charge in [-0.25, -0.2) is 4.98 Å². The molecule has 0 fully saturated rings. The molecule has 94 valence electrons. The van der Waals surface area contributed by atoms with Gasteiger partial charge in [0.25, 0.3) is 5.56 Å². The van der Waals surface area contributed by atoms with Crippen molar-refractivity contribution in [3.8, 4) is 0 Å².